The second-order valence-electron chi connectivity index (χ2n) is 3.47. The van der Waals surface area contributed by atoms with Crippen molar-refractivity contribution in [3.8, 4) is 11.3 Å². The summed E-state index contributed by atoms with van der Waals surface area (Å²) in [6.07, 6.45) is 2.05. The predicted octanol–water partition coefficient (Wildman–Crippen LogP) is 2.41. The Morgan fingerprint density at radius 2 is 2.17 bits per heavy atom. The SMILES string of the molecule is CNc1cccc(-c2cc(NC=O)ncc2Cl)n1. The minimum Gasteiger partial charge on any atom is -0.373 e. The maximum atomic E-state index is 10.4. The number of aromatic nitrogens is 2. The van der Waals surface area contributed by atoms with Crippen LogP contribution >= 0.6 is 11.6 Å². The Balaban J connectivity index is 2.47. The summed E-state index contributed by atoms with van der Waals surface area (Å²) in [5.74, 6) is 1.17. The van der Waals surface area contributed by atoms with Crippen LogP contribution in [-0.2, 0) is 4.79 Å². The molecule has 0 unspecified atom stereocenters. The highest BCUT2D eigenvalue weighted by atomic mass is 35.5. The fraction of sp³-hybridized carbons (Fsp3) is 0.0833. The Labute approximate surface area is 109 Å². The Hall–Kier alpha value is -2.14. The van der Waals surface area contributed by atoms with E-state index in [1.807, 2.05) is 18.2 Å². The highest BCUT2D eigenvalue weighted by Crippen LogP contribution is 2.28. The molecule has 2 aromatic rings. The zero-order chi connectivity index (χ0) is 13.0. The Bertz CT molecular complexity index is 574. The van der Waals surface area contributed by atoms with E-state index >= 15 is 0 Å². The maximum absolute atomic E-state index is 10.4. The van der Waals surface area contributed by atoms with Gasteiger partial charge in [0, 0.05) is 18.8 Å². The number of hydrogen-bond acceptors (Lipinski definition) is 4. The first kappa shape index (κ1) is 12.3. The highest BCUT2D eigenvalue weighted by molar-refractivity contribution is 6.33. The minimum absolute atomic E-state index is 0.432. The zero-order valence-corrected chi connectivity index (χ0v) is 10.4. The molecule has 0 fully saturated rings. The van der Waals surface area contributed by atoms with E-state index in [1.165, 1.54) is 6.20 Å². The molecule has 5 nitrogen and oxygen atoms in total. The van der Waals surface area contributed by atoms with E-state index in [2.05, 4.69) is 20.6 Å². The van der Waals surface area contributed by atoms with Crippen LogP contribution in [0, 0.1) is 0 Å². The van der Waals surface area contributed by atoms with Gasteiger partial charge in [0.15, 0.2) is 0 Å². The molecular formula is C12H11ClN4O. The molecule has 0 bridgehead atoms. The van der Waals surface area contributed by atoms with Crippen molar-refractivity contribution >= 4 is 29.6 Å². The topological polar surface area (TPSA) is 66.9 Å². The monoisotopic (exact) mass is 262 g/mol. The molecule has 18 heavy (non-hydrogen) atoms. The Morgan fingerprint density at radius 3 is 2.89 bits per heavy atom. The van der Waals surface area contributed by atoms with E-state index in [-0.39, 0.29) is 0 Å². The molecule has 0 spiro atoms. The van der Waals surface area contributed by atoms with Gasteiger partial charge in [-0.25, -0.2) is 9.97 Å². The first-order valence-electron chi connectivity index (χ1n) is 5.25. The number of pyridine rings is 2. The number of anilines is 2. The largest absolute Gasteiger partial charge is 0.373 e. The summed E-state index contributed by atoms with van der Waals surface area (Å²) in [6, 6.07) is 7.24. The van der Waals surface area contributed by atoms with Gasteiger partial charge in [0.1, 0.15) is 11.6 Å². The lowest BCUT2D eigenvalue weighted by atomic mass is 10.1. The van der Waals surface area contributed by atoms with Crippen LogP contribution < -0.4 is 10.6 Å². The Kier molecular flexibility index (Phi) is 3.74. The molecular weight excluding hydrogens is 252 g/mol. The van der Waals surface area contributed by atoms with Crippen LogP contribution in [0.2, 0.25) is 5.02 Å². The third kappa shape index (κ3) is 2.57. The van der Waals surface area contributed by atoms with Crippen molar-refractivity contribution < 1.29 is 4.79 Å². The number of rotatable bonds is 4. The van der Waals surface area contributed by atoms with Crippen LogP contribution in [0.15, 0.2) is 30.5 Å². The lowest BCUT2D eigenvalue weighted by Gasteiger charge is -2.07. The smallest absolute Gasteiger partial charge is 0.212 e. The summed E-state index contributed by atoms with van der Waals surface area (Å²) in [7, 11) is 1.79. The van der Waals surface area contributed by atoms with Gasteiger partial charge in [-0.3, -0.25) is 4.79 Å². The van der Waals surface area contributed by atoms with Crippen molar-refractivity contribution in [1.82, 2.24) is 9.97 Å². The van der Waals surface area contributed by atoms with Crippen LogP contribution in [0.25, 0.3) is 11.3 Å². The summed E-state index contributed by atoms with van der Waals surface area (Å²) in [5.41, 5.74) is 1.43. The van der Waals surface area contributed by atoms with Gasteiger partial charge >= 0.3 is 0 Å². The van der Waals surface area contributed by atoms with Crippen molar-refractivity contribution in [2.24, 2.45) is 0 Å². The predicted molar refractivity (Wildman–Crippen MR) is 71.7 cm³/mol. The van der Waals surface area contributed by atoms with Crippen LogP contribution in [0.3, 0.4) is 0 Å². The van der Waals surface area contributed by atoms with Gasteiger partial charge in [0.2, 0.25) is 6.41 Å². The molecule has 6 heteroatoms. The summed E-state index contributed by atoms with van der Waals surface area (Å²) in [4.78, 5) is 18.8. The highest BCUT2D eigenvalue weighted by Gasteiger charge is 2.07. The van der Waals surface area contributed by atoms with E-state index in [0.29, 0.717) is 28.5 Å². The van der Waals surface area contributed by atoms with Crippen molar-refractivity contribution in [1.29, 1.82) is 0 Å². The summed E-state index contributed by atoms with van der Waals surface area (Å²) < 4.78 is 0. The summed E-state index contributed by atoms with van der Waals surface area (Å²) >= 11 is 6.09. The van der Waals surface area contributed by atoms with Crippen LogP contribution in [-0.4, -0.2) is 23.4 Å². The number of nitrogens with one attached hydrogen (secondary N) is 2. The van der Waals surface area contributed by atoms with E-state index in [9.17, 15) is 4.79 Å². The number of amides is 1. The minimum atomic E-state index is 0.432. The van der Waals surface area contributed by atoms with Crippen molar-refractivity contribution in [2.75, 3.05) is 17.7 Å². The summed E-state index contributed by atoms with van der Waals surface area (Å²) in [6.45, 7) is 0. The standard InChI is InChI=1S/C12H11ClN4O/c1-14-11-4-2-3-10(17-11)8-5-12(16-7-18)15-6-9(8)13/h2-7H,1H3,(H,14,17)(H,15,16,18). The molecule has 0 aromatic carbocycles. The molecule has 0 saturated carbocycles. The summed E-state index contributed by atoms with van der Waals surface area (Å²) in [5, 5.41) is 5.91. The van der Waals surface area contributed by atoms with Gasteiger partial charge in [-0.2, -0.15) is 0 Å². The van der Waals surface area contributed by atoms with Gasteiger partial charge in [-0.15, -0.1) is 0 Å². The van der Waals surface area contributed by atoms with Gasteiger partial charge < -0.3 is 10.6 Å². The molecule has 2 rings (SSSR count). The molecule has 2 heterocycles. The molecule has 2 N–H and O–H groups in total. The van der Waals surface area contributed by atoms with Crippen molar-refractivity contribution in [3.63, 3.8) is 0 Å². The quantitative estimate of drug-likeness (QED) is 0.831. The molecule has 92 valence electrons. The van der Waals surface area contributed by atoms with Gasteiger partial charge in [0.25, 0.3) is 0 Å². The number of hydrogen-bond donors (Lipinski definition) is 2. The molecule has 2 aromatic heterocycles. The molecule has 0 atom stereocenters. The van der Waals surface area contributed by atoms with E-state index < -0.39 is 0 Å². The number of carbonyl (C=O) groups excluding carboxylic acids is 1. The lowest BCUT2D eigenvalue weighted by molar-refractivity contribution is -0.105. The fourth-order valence-electron chi connectivity index (χ4n) is 1.50. The molecule has 0 saturated heterocycles. The third-order valence-electron chi connectivity index (χ3n) is 2.34. The van der Waals surface area contributed by atoms with Gasteiger partial charge in [0.05, 0.1) is 10.7 Å². The van der Waals surface area contributed by atoms with Gasteiger partial charge in [-0.1, -0.05) is 17.7 Å². The molecule has 0 aliphatic heterocycles. The van der Waals surface area contributed by atoms with Crippen molar-refractivity contribution in [2.45, 2.75) is 0 Å². The lowest BCUT2D eigenvalue weighted by Crippen LogP contribution is -1.98. The molecule has 1 amide bonds. The second-order valence-corrected chi connectivity index (χ2v) is 3.88. The first-order chi connectivity index (χ1) is 8.74. The maximum Gasteiger partial charge on any atom is 0.212 e. The fourth-order valence-corrected chi connectivity index (χ4v) is 1.70. The van der Waals surface area contributed by atoms with Crippen LogP contribution in [0.5, 0.6) is 0 Å². The van der Waals surface area contributed by atoms with Crippen LogP contribution in [0.4, 0.5) is 11.6 Å². The molecule has 0 aliphatic rings. The second kappa shape index (κ2) is 5.46. The average Bonchev–Trinajstić information content (AvgIpc) is 2.41. The Morgan fingerprint density at radius 1 is 1.33 bits per heavy atom. The first-order valence-corrected chi connectivity index (χ1v) is 5.63. The average molecular weight is 263 g/mol. The molecule has 0 aliphatic carbocycles. The number of halogens is 1. The molecule has 0 radical (unpaired) electrons. The zero-order valence-electron chi connectivity index (χ0n) is 9.64. The number of nitrogens with zero attached hydrogens (tertiary/aromatic N) is 2. The van der Waals surface area contributed by atoms with Crippen molar-refractivity contribution in [3.05, 3.63) is 35.5 Å². The van der Waals surface area contributed by atoms with E-state index in [4.69, 9.17) is 11.6 Å². The van der Waals surface area contributed by atoms with Crippen LogP contribution in [0.1, 0.15) is 0 Å². The number of carbonyl (C=O) groups is 1. The van der Waals surface area contributed by atoms with E-state index in [0.717, 1.165) is 5.82 Å². The third-order valence-corrected chi connectivity index (χ3v) is 2.64. The normalized spacial score (nSPS) is 9.89. The van der Waals surface area contributed by atoms with Gasteiger partial charge in [-0.05, 0) is 18.2 Å². The van der Waals surface area contributed by atoms with E-state index in [1.54, 1.807) is 13.1 Å².